The van der Waals surface area contributed by atoms with E-state index in [-0.39, 0.29) is 0 Å². The fourth-order valence-electron chi connectivity index (χ4n) is 7.82. The van der Waals surface area contributed by atoms with Gasteiger partial charge in [-0.15, -0.1) is 0 Å². The monoisotopic (exact) mass is 689 g/mol. The van der Waals surface area contributed by atoms with E-state index in [1.54, 1.807) is 0 Å². The van der Waals surface area contributed by atoms with Crippen molar-refractivity contribution < 1.29 is 4.42 Å². The lowest BCUT2D eigenvalue weighted by Crippen LogP contribution is -2.11. The molecule has 10 rings (SSSR count). The maximum absolute atomic E-state index is 6.35. The van der Waals surface area contributed by atoms with Crippen LogP contribution in [0.4, 0.5) is 17.1 Å². The van der Waals surface area contributed by atoms with Gasteiger partial charge in [-0.1, -0.05) is 164 Å². The molecule has 0 atom stereocenters. The first-order valence-electron chi connectivity index (χ1n) is 18.4. The molecule has 0 N–H and O–H groups in total. The molecule has 0 amide bonds. The van der Waals surface area contributed by atoms with Crippen LogP contribution in [0.2, 0.25) is 0 Å². The molecule has 1 heterocycles. The van der Waals surface area contributed by atoms with Gasteiger partial charge in [-0.25, -0.2) is 0 Å². The summed E-state index contributed by atoms with van der Waals surface area (Å²) in [6, 6.07) is 75.9. The van der Waals surface area contributed by atoms with E-state index in [0.717, 1.165) is 50.5 Å². The van der Waals surface area contributed by atoms with Crippen molar-refractivity contribution in [2.24, 2.45) is 0 Å². The first-order chi connectivity index (χ1) is 26.8. The fourth-order valence-corrected chi connectivity index (χ4v) is 7.82. The van der Waals surface area contributed by atoms with Crippen LogP contribution in [-0.4, -0.2) is 0 Å². The summed E-state index contributed by atoms with van der Waals surface area (Å²) >= 11 is 0. The standard InChI is InChI=1S/C52H35NO/c1-2-13-36(14-3-1)37-25-27-38(28-26-37)46-20-9-10-23-50(46)53(44-18-12-17-41(33-44)52-35-42-16-5-11-24-51(42)54-52)43-31-29-39(30-32-43)49-34-40-15-4-6-19-45(40)47-21-7-8-22-48(47)49/h1-35H. The van der Waals surface area contributed by atoms with Crippen LogP contribution in [0.3, 0.4) is 0 Å². The third-order valence-corrected chi connectivity index (χ3v) is 10.5. The number of nitrogens with zero attached hydrogens (tertiary/aromatic N) is 1. The SMILES string of the molecule is c1ccc(-c2ccc(-c3ccccc3N(c3ccc(-c4cc5ccccc5c5ccccc45)cc3)c3cccc(-c4cc5ccccc5o4)c3)cc2)cc1. The third kappa shape index (κ3) is 5.71. The van der Waals surface area contributed by atoms with Crippen molar-refractivity contribution in [3.63, 3.8) is 0 Å². The largest absolute Gasteiger partial charge is 0.456 e. The maximum atomic E-state index is 6.35. The zero-order valence-electron chi connectivity index (χ0n) is 29.6. The van der Waals surface area contributed by atoms with Crippen LogP contribution < -0.4 is 4.90 Å². The summed E-state index contributed by atoms with van der Waals surface area (Å²) in [4.78, 5) is 2.37. The van der Waals surface area contributed by atoms with Crippen LogP contribution in [0.5, 0.6) is 0 Å². The number of rotatable bonds is 7. The number of anilines is 3. The third-order valence-electron chi connectivity index (χ3n) is 10.5. The van der Waals surface area contributed by atoms with Gasteiger partial charge in [0.2, 0.25) is 0 Å². The van der Waals surface area contributed by atoms with Crippen molar-refractivity contribution in [3.8, 4) is 44.7 Å². The van der Waals surface area contributed by atoms with E-state index in [1.165, 1.54) is 43.8 Å². The molecule has 0 aliphatic carbocycles. The molecule has 254 valence electrons. The number of hydrogen-bond donors (Lipinski definition) is 0. The van der Waals surface area contributed by atoms with Gasteiger partial charge in [0.1, 0.15) is 11.3 Å². The van der Waals surface area contributed by atoms with Gasteiger partial charge in [-0.2, -0.15) is 0 Å². The smallest absolute Gasteiger partial charge is 0.135 e. The second kappa shape index (κ2) is 13.4. The predicted molar refractivity (Wildman–Crippen MR) is 228 cm³/mol. The zero-order valence-corrected chi connectivity index (χ0v) is 29.6. The number of hydrogen-bond acceptors (Lipinski definition) is 2. The van der Waals surface area contributed by atoms with E-state index in [0.29, 0.717) is 0 Å². The van der Waals surface area contributed by atoms with Gasteiger partial charge in [-0.3, -0.25) is 0 Å². The Bertz CT molecular complexity index is 2890. The van der Waals surface area contributed by atoms with Crippen molar-refractivity contribution in [3.05, 3.63) is 212 Å². The Labute approximate surface area is 314 Å². The Morgan fingerprint density at radius 3 is 1.72 bits per heavy atom. The molecule has 0 bridgehead atoms. The van der Waals surface area contributed by atoms with E-state index in [1.807, 2.05) is 18.2 Å². The highest BCUT2D eigenvalue weighted by Gasteiger charge is 2.19. The summed E-state index contributed by atoms with van der Waals surface area (Å²) < 4.78 is 6.35. The molecule has 0 spiro atoms. The van der Waals surface area contributed by atoms with Crippen molar-refractivity contribution in [1.29, 1.82) is 0 Å². The quantitative estimate of drug-likeness (QED) is 0.155. The van der Waals surface area contributed by atoms with Gasteiger partial charge in [0.05, 0.1) is 5.69 Å². The second-order valence-electron chi connectivity index (χ2n) is 13.7. The minimum Gasteiger partial charge on any atom is -0.456 e. The van der Waals surface area contributed by atoms with Gasteiger partial charge in [-0.05, 0) is 97.9 Å². The molecule has 54 heavy (non-hydrogen) atoms. The molecule has 0 aliphatic heterocycles. The summed E-state index contributed by atoms with van der Waals surface area (Å²) in [6.07, 6.45) is 0. The summed E-state index contributed by atoms with van der Waals surface area (Å²) in [5.41, 5.74) is 12.2. The zero-order chi connectivity index (χ0) is 35.8. The number of fused-ring (bicyclic) bond motifs is 4. The summed E-state index contributed by atoms with van der Waals surface area (Å²) in [7, 11) is 0. The lowest BCUT2D eigenvalue weighted by molar-refractivity contribution is 0.631. The summed E-state index contributed by atoms with van der Waals surface area (Å²) in [5, 5.41) is 6.13. The van der Waals surface area contributed by atoms with Crippen LogP contribution in [-0.2, 0) is 0 Å². The van der Waals surface area contributed by atoms with Crippen LogP contribution in [0.15, 0.2) is 217 Å². The highest BCUT2D eigenvalue weighted by atomic mass is 16.3. The van der Waals surface area contributed by atoms with Crippen LogP contribution in [0.25, 0.3) is 77.2 Å². The highest BCUT2D eigenvalue weighted by molar-refractivity contribution is 6.13. The Balaban J connectivity index is 1.11. The number of para-hydroxylation sites is 2. The number of furan rings is 1. The summed E-state index contributed by atoms with van der Waals surface area (Å²) in [5.74, 6) is 0.848. The molecular formula is C52H35NO. The van der Waals surface area contributed by atoms with E-state index in [2.05, 4.69) is 199 Å². The van der Waals surface area contributed by atoms with Gasteiger partial charge in [0.15, 0.2) is 0 Å². The maximum Gasteiger partial charge on any atom is 0.135 e. The molecule has 0 radical (unpaired) electrons. The summed E-state index contributed by atoms with van der Waals surface area (Å²) in [6.45, 7) is 0. The Morgan fingerprint density at radius 1 is 0.315 bits per heavy atom. The van der Waals surface area contributed by atoms with Crippen molar-refractivity contribution in [2.75, 3.05) is 4.90 Å². The van der Waals surface area contributed by atoms with Crippen molar-refractivity contribution >= 4 is 49.6 Å². The lowest BCUT2D eigenvalue weighted by Gasteiger charge is -2.28. The molecule has 0 aliphatic rings. The molecule has 2 heteroatoms. The first-order valence-corrected chi connectivity index (χ1v) is 18.4. The predicted octanol–water partition coefficient (Wildman–Crippen LogP) is 14.9. The van der Waals surface area contributed by atoms with E-state index in [4.69, 9.17) is 4.42 Å². The van der Waals surface area contributed by atoms with Gasteiger partial charge >= 0.3 is 0 Å². The van der Waals surface area contributed by atoms with Crippen LogP contribution >= 0.6 is 0 Å². The van der Waals surface area contributed by atoms with Crippen molar-refractivity contribution in [1.82, 2.24) is 0 Å². The van der Waals surface area contributed by atoms with Crippen LogP contribution in [0, 0.1) is 0 Å². The van der Waals surface area contributed by atoms with Gasteiger partial charge < -0.3 is 9.32 Å². The van der Waals surface area contributed by atoms with E-state index < -0.39 is 0 Å². The molecule has 0 fully saturated rings. The Morgan fingerprint density at radius 2 is 0.907 bits per heavy atom. The number of benzene rings is 9. The fraction of sp³-hybridized carbons (Fsp3) is 0. The van der Waals surface area contributed by atoms with E-state index in [9.17, 15) is 0 Å². The molecular weight excluding hydrogens is 655 g/mol. The van der Waals surface area contributed by atoms with Gasteiger partial charge in [0, 0.05) is 27.9 Å². The molecule has 0 saturated heterocycles. The Kier molecular flexibility index (Phi) is 7.85. The Hall–Kier alpha value is -7.16. The topological polar surface area (TPSA) is 16.4 Å². The highest BCUT2D eigenvalue weighted by Crippen LogP contribution is 2.44. The molecule has 0 saturated carbocycles. The second-order valence-corrected chi connectivity index (χ2v) is 13.7. The molecule has 10 aromatic rings. The van der Waals surface area contributed by atoms with Gasteiger partial charge in [0.25, 0.3) is 0 Å². The normalized spacial score (nSPS) is 11.3. The minimum absolute atomic E-state index is 0.848. The average molecular weight is 690 g/mol. The first kappa shape index (κ1) is 31.6. The average Bonchev–Trinajstić information content (AvgIpc) is 3.69. The molecule has 0 unspecified atom stereocenters. The molecule has 1 aromatic heterocycles. The van der Waals surface area contributed by atoms with Crippen molar-refractivity contribution in [2.45, 2.75) is 0 Å². The lowest BCUT2D eigenvalue weighted by atomic mass is 9.93. The minimum atomic E-state index is 0.848. The van der Waals surface area contributed by atoms with E-state index >= 15 is 0 Å². The van der Waals surface area contributed by atoms with Crippen LogP contribution in [0.1, 0.15) is 0 Å². The molecule has 2 nitrogen and oxygen atoms in total. The molecule has 9 aromatic carbocycles.